The summed E-state index contributed by atoms with van der Waals surface area (Å²) in [7, 11) is 0. The normalized spacial score (nSPS) is 12.4. The number of aromatic nitrogens is 4. The molecule has 0 aliphatic carbocycles. The lowest BCUT2D eigenvalue weighted by Gasteiger charge is -2.28. The lowest BCUT2D eigenvalue weighted by Crippen LogP contribution is -2.27. The molecule has 0 bridgehead atoms. The van der Waals surface area contributed by atoms with Crippen molar-refractivity contribution in [3.8, 4) is 0 Å². The Morgan fingerprint density at radius 3 is 2.57 bits per heavy atom. The van der Waals surface area contributed by atoms with Crippen molar-refractivity contribution in [1.29, 1.82) is 0 Å². The van der Waals surface area contributed by atoms with E-state index in [1.165, 1.54) is 0 Å². The highest BCUT2D eigenvalue weighted by Gasteiger charge is 2.24. The van der Waals surface area contributed by atoms with Crippen molar-refractivity contribution in [2.75, 3.05) is 0 Å². The molecule has 0 aromatic carbocycles. The second kappa shape index (κ2) is 4.04. The number of tetrazole rings is 1. The van der Waals surface area contributed by atoms with Gasteiger partial charge < -0.3 is 5.73 Å². The standard InChI is InChI=1S/C9H19N5/c1-7(2)9(3,4)6-14-8(5-10)11-12-13-14/h7H,5-6,10H2,1-4H3. The first-order valence-corrected chi connectivity index (χ1v) is 4.92. The minimum Gasteiger partial charge on any atom is -0.324 e. The molecule has 1 aromatic rings. The Morgan fingerprint density at radius 1 is 1.43 bits per heavy atom. The molecule has 14 heavy (non-hydrogen) atoms. The van der Waals surface area contributed by atoms with Crippen LogP contribution in [0.5, 0.6) is 0 Å². The molecule has 1 heterocycles. The van der Waals surface area contributed by atoms with Gasteiger partial charge in [0.05, 0.1) is 13.1 Å². The Balaban J connectivity index is 2.78. The van der Waals surface area contributed by atoms with Gasteiger partial charge in [-0.2, -0.15) is 0 Å². The highest BCUT2D eigenvalue weighted by molar-refractivity contribution is 4.82. The molecular weight excluding hydrogens is 178 g/mol. The smallest absolute Gasteiger partial charge is 0.164 e. The van der Waals surface area contributed by atoms with Gasteiger partial charge in [0, 0.05) is 0 Å². The van der Waals surface area contributed by atoms with Gasteiger partial charge in [-0.25, -0.2) is 4.68 Å². The third kappa shape index (κ3) is 2.29. The first-order chi connectivity index (χ1) is 6.47. The monoisotopic (exact) mass is 197 g/mol. The van der Waals surface area contributed by atoms with E-state index in [0.29, 0.717) is 12.5 Å². The lowest BCUT2D eigenvalue weighted by molar-refractivity contribution is 0.197. The second-order valence-electron chi connectivity index (χ2n) is 4.60. The van der Waals surface area contributed by atoms with E-state index in [-0.39, 0.29) is 5.41 Å². The van der Waals surface area contributed by atoms with Crippen LogP contribution in [-0.4, -0.2) is 20.2 Å². The fourth-order valence-electron chi connectivity index (χ4n) is 1.06. The summed E-state index contributed by atoms with van der Waals surface area (Å²) in [6.45, 7) is 10.0. The minimum atomic E-state index is 0.180. The maximum Gasteiger partial charge on any atom is 0.164 e. The summed E-state index contributed by atoms with van der Waals surface area (Å²) >= 11 is 0. The van der Waals surface area contributed by atoms with Crippen LogP contribution in [0, 0.1) is 11.3 Å². The van der Waals surface area contributed by atoms with Crippen LogP contribution in [0.1, 0.15) is 33.5 Å². The Bertz CT molecular complexity index is 289. The zero-order valence-corrected chi connectivity index (χ0v) is 9.36. The average molecular weight is 197 g/mol. The fraction of sp³-hybridized carbons (Fsp3) is 0.889. The molecule has 0 atom stereocenters. The Kier molecular flexibility index (Phi) is 3.21. The average Bonchev–Trinajstić information content (AvgIpc) is 2.50. The van der Waals surface area contributed by atoms with Crippen molar-refractivity contribution in [3.63, 3.8) is 0 Å². The van der Waals surface area contributed by atoms with E-state index in [4.69, 9.17) is 5.73 Å². The summed E-state index contributed by atoms with van der Waals surface area (Å²) in [5.74, 6) is 1.33. The van der Waals surface area contributed by atoms with Crippen LogP contribution in [0.15, 0.2) is 0 Å². The van der Waals surface area contributed by atoms with Gasteiger partial charge in [0.1, 0.15) is 0 Å². The van der Waals surface area contributed by atoms with Crippen molar-refractivity contribution in [3.05, 3.63) is 5.82 Å². The SMILES string of the molecule is CC(C)C(C)(C)Cn1nnnc1CN. The largest absolute Gasteiger partial charge is 0.324 e. The molecule has 0 fully saturated rings. The molecule has 5 heteroatoms. The van der Waals surface area contributed by atoms with E-state index in [0.717, 1.165) is 12.4 Å². The van der Waals surface area contributed by atoms with Crippen molar-refractivity contribution in [1.82, 2.24) is 20.2 Å². The second-order valence-corrected chi connectivity index (χ2v) is 4.60. The summed E-state index contributed by atoms with van der Waals surface area (Å²) in [6.07, 6.45) is 0. The predicted molar refractivity (Wildman–Crippen MR) is 54.3 cm³/mol. The molecule has 0 saturated carbocycles. The van der Waals surface area contributed by atoms with E-state index in [1.54, 1.807) is 4.68 Å². The van der Waals surface area contributed by atoms with Crippen molar-refractivity contribution in [2.45, 2.75) is 40.8 Å². The Labute approximate surface area is 84.7 Å². The summed E-state index contributed by atoms with van der Waals surface area (Å²) in [5, 5.41) is 11.4. The van der Waals surface area contributed by atoms with Crippen molar-refractivity contribution >= 4 is 0 Å². The van der Waals surface area contributed by atoms with Crippen molar-refractivity contribution in [2.24, 2.45) is 17.1 Å². The van der Waals surface area contributed by atoms with Crippen LogP contribution in [0.3, 0.4) is 0 Å². The molecule has 1 rings (SSSR count). The van der Waals surface area contributed by atoms with Gasteiger partial charge >= 0.3 is 0 Å². The molecule has 0 spiro atoms. The highest BCUT2D eigenvalue weighted by Crippen LogP contribution is 2.27. The summed E-state index contributed by atoms with van der Waals surface area (Å²) in [5.41, 5.74) is 5.71. The molecule has 0 radical (unpaired) electrons. The van der Waals surface area contributed by atoms with Crippen LogP contribution in [0.2, 0.25) is 0 Å². The molecule has 0 amide bonds. The van der Waals surface area contributed by atoms with E-state index >= 15 is 0 Å². The molecule has 0 unspecified atom stereocenters. The Morgan fingerprint density at radius 2 is 2.07 bits per heavy atom. The number of rotatable bonds is 4. The first-order valence-electron chi connectivity index (χ1n) is 4.92. The van der Waals surface area contributed by atoms with E-state index in [9.17, 15) is 0 Å². The van der Waals surface area contributed by atoms with Crippen LogP contribution in [0.25, 0.3) is 0 Å². The molecule has 2 N–H and O–H groups in total. The lowest BCUT2D eigenvalue weighted by atomic mass is 9.81. The zero-order chi connectivity index (χ0) is 10.8. The quantitative estimate of drug-likeness (QED) is 0.775. The first kappa shape index (κ1) is 11.1. The van der Waals surface area contributed by atoms with Gasteiger partial charge in [0.15, 0.2) is 5.82 Å². The fourth-order valence-corrected chi connectivity index (χ4v) is 1.06. The zero-order valence-electron chi connectivity index (χ0n) is 9.36. The molecule has 0 saturated heterocycles. The Hall–Kier alpha value is -0.970. The molecule has 80 valence electrons. The van der Waals surface area contributed by atoms with Crippen molar-refractivity contribution < 1.29 is 0 Å². The summed E-state index contributed by atoms with van der Waals surface area (Å²) in [4.78, 5) is 0. The number of hydrogen-bond donors (Lipinski definition) is 1. The van der Waals surface area contributed by atoms with E-state index < -0.39 is 0 Å². The maximum atomic E-state index is 5.53. The topological polar surface area (TPSA) is 69.6 Å². The molecule has 0 aliphatic heterocycles. The van der Waals surface area contributed by atoms with Gasteiger partial charge in [-0.15, -0.1) is 5.10 Å². The molecular formula is C9H19N5. The van der Waals surface area contributed by atoms with E-state index in [2.05, 4.69) is 43.2 Å². The van der Waals surface area contributed by atoms with Gasteiger partial charge in [0.25, 0.3) is 0 Å². The number of nitrogens with zero attached hydrogens (tertiary/aromatic N) is 4. The molecule has 5 nitrogen and oxygen atoms in total. The van der Waals surface area contributed by atoms with Gasteiger partial charge in [-0.1, -0.05) is 27.7 Å². The van der Waals surface area contributed by atoms with Gasteiger partial charge in [-0.05, 0) is 21.8 Å². The molecule has 0 aliphatic rings. The predicted octanol–water partition coefficient (Wildman–Crippen LogP) is 0.814. The van der Waals surface area contributed by atoms with Gasteiger partial charge in [-0.3, -0.25) is 0 Å². The third-order valence-electron chi connectivity index (χ3n) is 2.91. The third-order valence-corrected chi connectivity index (χ3v) is 2.91. The maximum absolute atomic E-state index is 5.53. The summed E-state index contributed by atoms with van der Waals surface area (Å²) in [6, 6.07) is 0. The van der Waals surface area contributed by atoms with Gasteiger partial charge in [0.2, 0.25) is 0 Å². The van der Waals surface area contributed by atoms with Crippen LogP contribution >= 0.6 is 0 Å². The number of hydrogen-bond acceptors (Lipinski definition) is 4. The minimum absolute atomic E-state index is 0.180. The summed E-state index contributed by atoms with van der Waals surface area (Å²) < 4.78 is 1.79. The van der Waals surface area contributed by atoms with Crippen LogP contribution in [0.4, 0.5) is 0 Å². The molecule has 1 aromatic heterocycles. The van der Waals surface area contributed by atoms with E-state index in [1.807, 2.05) is 0 Å². The highest BCUT2D eigenvalue weighted by atomic mass is 15.5. The van der Waals surface area contributed by atoms with Crippen LogP contribution < -0.4 is 5.73 Å². The number of nitrogens with two attached hydrogens (primary N) is 1. The van der Waals surface area contributed by atoms with Crippen LogP contribution in [-0.2, 0) is 13.1 Å².